The van der Waals surface area contributed by atoms with Gasteiger partial charge in [-0.2, -0.15) is 0 Å². The zero-order valence-electron chi connectivity index (χ0n) is 13.0. The summed E-state index contributed by atoms with van der Waals surface area (Å²) in [5.41, 5.74) is 1.63. The minimum Gasteiger partial charge on any atom is -0.495 e. The molecule has 0 saturated carbocycles. The van der Waals surface area contributed by atoms with E-state index in [-0.39, 0.29) is 11.8 Å². The summed E-state index contributed by atoms with van der Waals surface area (Å²) < 4.78 is 12.6. The average Bonchev–Trinajstić information content (AvgIpc) is 3.03. The Labute approximate surface area is 139 Å². The quantitative estimate of drug-likeness (QED) is 0.933. The summed E-state index contributed by atoms with van der Waals surface area (Å²) in [5.74, 6) is 0.861. The van der Waals surface area contributed by atoms with E-state index in [1.165, 1.54) is 14.2 Å². The number of methoxy groups -OCH3 is 2. The van der Waals surface area contributed by atoms with E-state index in [1.807, 2.05) is 6.20 Å². The number of ether oxygens (including phenoxy) is 2. The summed E-state index contributed by atoms with van der Waals surface area (Å²) in [4.78, 5) is 16.7. The van der Waals surface area contributed by atoms with Crippen molar-refractivity contribution >= 4 is 23.2 Å². The van der Waals surface area contributed by atoms with Crippen LogP contribution >= 0.6 is 11.6 Å². The van der Waals surface area contributed by atoms with Crippen molar-refractivity contribution in [1.82, 2.24) is 9.55 Å². The third kappa shape index (κ3) is 3.12. The number of rotatable bonds is 4. The molecular weight excluding hydrogens is 318 g/mol. The summed E-state index contributed by atoms with van der Waals surface area (Å²) in [6, 6.07) is 3.30. The molecule has 0 spiro atoms. The molecule has 3 rings (SSSR count). The number of aromatic nitrogens is 2. The highest BCUT2D eigenvalue weighted by atomic mass is 35.5. The molecular formula is C16H18ClN3O3. The Bertz CT molecular complexity index is 729. The Morgan fingerprint density at radius 2 is 2.13 bits per heavy atom. The van der Waals surface area contributed by atoms with Gasteiger partial charge in [0.1, 0.15) is 11.5 Å². The zero-order chi connectivity index (χ0) is 16.4. The largest absolute Gasteiger partial charge is 0.495 e. The predicted molar refractivity (Wildman–Crippen MR) is 87.2 cm³/mol. The summed E-state index contributed by atoms with van der Waals surface area (Å²) in [6.07, 6.45) is 5.07. The van der Waals surface area contributed by atoms with Crippen molar-refractivity contribution in [3.8, 4) is 11.5 Å². The van der Waals surface area contributed by atoms with Crippen LogP contribution in [0.3, 0.4) is 0 Å². The Morgan fingerprint density at radius 3 is 2.87 bits per heavy atom. The molecule has 0 aliphatic carbocycles. The van der Waals surface area contributed by atoms with Gasteiger partial charge in [-0.1, -0.05) is 11.6 Å². The number of amides is 1. The standard InChI is InChI=1S/C16H18ClN3O3/c1-22-14-7-13(15(23-2)6-12(14)17)19-16(21)10-3-4-20-9-18-8-11(20)5-10/h6-10H,3-5H2,1-2H3,(H,19,21). The molecule has 1 aliphatic rings. The van der Waals surface area contributed by atoms with Crippen molar-refractivity contribution in [2.45, 2.75) is 19.4 Å². The molecule has 1 aliphatic heterocycles. The molecule has 1 unspecified atom stereocenters. The van der Waals surface area contributed by atoms with Gasteiger partial charge in [0.15, 0.2) is 0 Å². The molecule has 7 heteroatoms. The predicted octanol–water partition coefficient (Wildman–Crippen LogP) is 2.75. The lowest BCUT2D eigenvalue weighted by atomic mass is 9.95. The summed E-state index contributed by atoms with van der Waals surface area (Å²) >= 11 is 6.08. The molecule has 1 N–H and O–H groups in total. The van der Waals surface area contributed by atoms with E-state index in [9.17, 15) is 4.79 Å². The van der Waals surface area contributed by atoms with E-state index in [1.54, 1.807) is 18.5 Å². The van der Waals surface area contributed by atoms with Crippen LogP contribution in [0.4, 0.5) is 5.69 Å². The molecule has 0 radical (unpaired) electrons. The van der Waals surface area contributed by atoms with Crippen molar-refractivity contribution < 1.29 is 14.3 Å². The minimum absolute atomic E-state index is 0.0416. The monoisotopic (exact) mass is 335 g/mol. The number of hydrogen-bond acceptors (Lipinski definition) is 4. The summed E-state index contributed by atoms with van der Waals surface area (Å²) in [5, 5.41) is 3.36. The normalized spacial score (nSPS) is 16.6. The second kappa shape index (κ2) is 6.50. The molecule has 1 atom stereocenters. The van der Waals surface area contributed by atoms with Gasteiger partial charge < -0.3 is 19.4 Å². The van der Waals surface area contributed by atoms with Crippen LogP contribution < -0.4 is 14.8 Å². The lowest BCUT2D eigenvalue weighted by Crippen LogP contribution is -2.30. The number of halogens is 1. The van der Waals surface area contributed by atoms with Crippen molar-refractivity contribution in [3.05, 3.63) is 35.4 Å². The van der Waals surface area contributed by atoms with E-state index < -0.39 is 0 Å². The molecule has 1 amide bonds. The Kier molecular flexibility index (Phi) is 4.43. The number of imidazole rings is 1. The Morgan fingerprint density at radius 1 is 1.35 bits per heavy atom. The van der Waals surface area contributed by atoms with Crippen LogP contribution in [0, 0.1) is 5.92 Å². The van der Waals surface area contributed by atoms with Crippen LogP contribution in [0.25, 0.3) is 0 Å². The maximum atomic E-state index is 12.6. The van der Waals surface area contributed by atoms with Gasteiger partial charge in [0.2, 0.25) is 5.91 Å². The van der Waals surface area contributed by atoms with E-state index in [0.717, 1.165) is 18.7 Å². The molecule has 23 heavy (non-hydrogen) atoms. The number of fused-ring (bicyclic) bond motifs is 1. The second-order valence-corrected chi connectivity index (χ2v) is 5.85. The van der Waals surface area contributed by atoms with Gasteiger partial charge in [0, 0.05) is 42.9 Å². The van der Waals surface area contributed by atoms with E-state index >= 15 is 0 Å². The van der Waals surface area contributed by atoms with Crippen LogP contribution in [-0.4, -0.2) is 29.7 Å². The molecule has 2 aromatic rings. The number of benzene rings is 1. The third-order valence-corrected chi connectivity index (χ3v) is 4.37. The summed E-state index contributed by atoms with van der Waals surface area (Å²) in [7, 11) is 3.06. The van der Waals surface area contributed by atoms with Crippen molar-refractivity contribution in [3.63, 3.8) is 0 Å². The van der Waals surface area contributed by atoms with Crippen LogP contribution in [0.5, 0.6) is 11.5 Å². The topological polar surface area (TPSA) is 65.4 Å². The van der Waals surface area contributed by atoms with Gasteiger partial charge in [-0.05, 0) is 6.42 Å². The molecule has 2 heterocycles. The van der Waals surface area contributed by atoms with E-state index in [2.05, 4.69) is 14.9 Å². The minimum atomic E-state index is -0.0921. The molecule has 0 bridgehead atoms. The average molecular weight is 336 g/mol. The first kappa shape index (κ1) is 15.7. The zero-order valence-corrected chi connectivity index (χ0v) is 13.8. The molecule has 6 nitrogen and oxygen atoms in total. The lowest BCUT2D eigenvalue weighted by Gasteiger charge is -2.23. The smallest absolute Gasteiger partial charge is 0.228 e. The van der Waals surface area contributed by atoms with Gasteiger partial charge in [-0.25, -0.2) is 4.98 Å². The maximum Gasteiger partial charge on any atom is 0.228 e. The van der Waals surface area contributed by atoms with Crippen molar-refractivity contribution in [2.75, 3.05) is 19.5 Å². The van der Waals surface area contributed by atoms with Gasteiger partial charge in [-0.15, -0.1) is 0 Å². The number of carbonyl (C=O) groups excluding carboxylic acids is 1. The number of hydrogen-bond donors (Lipinski definition) is 1. The van der Waals surface area contributed by atoms with E-state index in [0.29, 0.717) is 28.6 Å². The SMILES string of the molecule is COc1cc(NC(=O)C2CCn3cncc3C2)c(OC)cc1Cl. The number of aryl methyl sites for hydroxylation is 1. The van der Waals surface area contributed by atoms with Gasteiger partial charge >= 0.3 is 0 Å². The summed E-state index contributed by atoms with van der Waals surface area (Å²) in [6.45, 7) is 0.800. The number of nitrogens with one attached hydrogen (secondary N) is 1. The van der Waals surface area contributed by atoms with Crippen LogP contribution in [0.2, 0.25) is 5.02 Å². The maximum absolute atomic E-state index is 12.6. The third-order valence-electron chi connectivity index (χ3n) is 4.08. The van der Waals surface area contributed by atoms with Crippen LogP contribution in [0.1, 0.15) is 12.1 Å². The number of carbonyl (C=O) groups is 1. The fourth-order valence-electron chi connectivity index (χ4n) is 2.79. The van der Waals surface area contributed by atoms with Gasteiger partial charge in [0.05, 0.1) is 31.3 Å². The van der Waals surface area contributed by atoms with Crippen LogP contribution in [-0.2, 0) is 17.8 Å². The molecule has 0 fully saturated rings. The Hall–Kier alpha value is -2.21. The van der Waals surface area contributed by atoms with Crippen LogP contribution in [0.15, 0.2) is 24.7 Å². The van der Waals surface area contributed by atoms with Crippen molar-refractivity contribution in [2.24, 2.45) is 5.92 Å². The molecule has 0 saturated heterocycles. The van der Waals surface area contributed by atoms with Gasteiger partial charge in [-0.3, -0.25) is 4.79 Å². The fraction of sp³-hybridized carbons (Fsp3) is 0.375. The fourth-order valence-corrected chi connectivity index (χ4v) is 3.02. The number of nitrogens with zero attached hydrogens (tertiary/aromatic N) is 2. The first-order valence-electron chi connectivity index (χ1n) is 7.33. The molecule has 122 valence electrons. The molecule has 1 aromatic carbocycles. The lowest BCUT2D eigenvalue weighted by molar-refractivity contribution is -0.120. The first-order valence-corrected chi connectivity index (χ1v) is 7.71. The highest BCUT2D eigenvalue weighted by Crippen LogP contribution is 2.36. The second-order valence-electron chi connectivity index (χ2n) is 5.44. The van der Waals surface area contributed by atoms with Crippen molar-refractivity contribution in [1.29, 1.82) is 0 Å². The Balaban J connectivity index is 1.78. The first-order chi connectivity index (χ1) is 11.1. The molecule has 1 aromatic heterocycles. The highest BCUT2D eigenvalue weighted by Gasteiger charge is 2.25. The van der Waals surface area contributed by atoms with Gasteiger partial charge in [0.25, 0.3) is 0 Å². The number of anilines is 1. The van der Waals surface area contributed by atoms with E-state index in [4.69, 9.17) is 21.1 Å². The highest BCUT2D eigenvalue weighted by molar-refractivity contribution is 6.32.